The lowest BCUT2D eigenvalue weighted by Gasteiger charge is -2.05. The molecule has 0 atom stereocenters. The fourth-order valence-corrected chi connectivity index (χ4v) is 2.44. The first kappa shape index (κ1) is 16.4. The third kappa shape index (κ3) is 3.55. The van der Waals surface area contributed by atoms with E-state index in [1.54, 1.807) is 19.1 Å². The van der Waals surface area contributed by atoms with Crippen molar-refractivity contribution in [3.05, 3.63) is 76.6 Å². The molecule has 7 nitrogen and oxygen atoms in total. The molecule has 0 saturated carbocycles. The number of nitrogens with one attached hydrogen (secondary N) is 1. The van der Waals surface area contributed by atoms with E-state index in [2.05, 4.69) is 10.4 Å². The molecule has 1 N–H and O–H groups in total. The first-order valence-corrected chi connectivity index (χ1v) is 7.77. The summed E-state index contributed by atoms with van der Waals surface area (Å²) in [4.78, 5) is 22.8. The molecule has 7 heteroatoms. The zero-order valence-corrected chi connectivity index (χ0v) is 13.5. The summed E-state index contributed by atoms with van der Waals surface area (Å²) >= 11 is 0. The number of anilines is 1. The molecule has 3 aromatic rings. The molecular weight excluding hydrogens is 320 g/mol. The van der Waals surface area contributed by atoms with E-state index < -0.39 is 10.8 Å². The van der Waals surface area contributed by atoms with Gasteiger partial charge in [0.05, 0.1) is 4.92 Å². The van der Waals surface area contributed by atoms with Crippen molar-refractivity contribution in [2.24, 2.45) is 0 Å². The Bertz CT molecular complexity index is 902. The molecule has 0 spiro atoms. The molecular formula is C18H16N4O3. The normalized spacial score (nSPS) is 10.4. The lowest BCUT2D eigenvalue weighted by molar-refractivity contribution is -0.385. The quantitative estimate of drug-likeness (QED) is 0.568. The van der Waals surface area contributed by atoms with Crippen molar-refractivity contribution in [1.29, 1.82) is 0 Å². The predicted molar refractivity (Wildman–Crippen MR) is 94.4 cm³/mol. The number of nitrogens with zero attached hydrogens (tertiary/aromatic N) is 3. The number of aromatic nitrogens is 2. The van der Waals surface area contributed by atoms with Crippen molar-refractivity contribution >= 4 is 17.3 Å². The third-order valence-electron chi connectivity index (χ3n) is 3.73. The number of benzene rings is 2. The van der Waals surface area contributed by atoms with Crippen molar-refractivity contribution in [1.82, 2.24) is 9.78 Å². The molecule has 0 unspecified atom stereocenters. The molecule has 0 aliphatic carbocycles. The fourth-order valence-electron chi connectivity index (χ4n) is 2.44. The van der Waals surface area contributed by atoms with E-state index >= 15 is 0 Å². The van der Waals surface area contributed by atoms with Gasteiger partial charge in [0.15, 0.2) is 0 Å². The van der Waals surface area contributed by atoms with Crippen LogP contribution in [0.15, 0.2) is 60.8 Å². The van der Waals surface area contributed by atoms with E-state index in [1.165, 1.54) is 10.9 Å². The Kier molecular flexibility index (Phi) is 4.56. The summed E-state index contributed by atoms with van der Waals surface area (Å²) in [5.41, 5.74) is 2.13. The van der Waals surface area contributed by atoms with Gasteiger partial charge in [0.25, 0.3) is 5.91 Å². The molecule has 3 rings (SSSR count). The van der Waals surface area contributed by atoms with Gasteiger partial charge >= 0.3 is 5.69 Å². The number of rotatable bonds is 5. The van der Waals surface area contributed by atoms with Gasteiger partial charge < -0.3 is 5.32 Å². The minimum absolute atomic E-state index is 0.195. The molecule has 0 fully saturated rings. The van der Waals surface area contributed by atoms with Crippen LogP contribution in [0.4, 0.5) is 11.4 Å². The first-order chi connectivity index (χ1) is 12.1. The van der Waals surface area contributed by atoms with Crippen LogP contribution >= 0.6 is 0 Å². The maximum atomic E-state index is 12.3. The molecule has 2 aromatic carbocycles. The maximum absolute atomic E-state index is 12.3. The predicted octanol–water partition coefficient (Wildman–Crippen LogP) is 3.73. The summed E-state index contributed by atoms with van der Waals surface area (Å²) in [6.45, 7) is 2.24. The van der Waals surface area contributed by atoms with Crippen molar-refractivity contribution in [3.8, 4) is 11.1 Å². The standard InChI is InChI=1S/C18H16N4O3/c1-2-21-12-16(22(24)25)17(20-21)18(23)19-15-10-8-14(9-11-15)13-6-4-3-5-7-13/h3-12H,2H2,1H3,(H,19,23). The molecule has 0 aliphatic rings. The van der Waals surface area contributed by atoms with Crippen LogP contribution in [0.2, 0.25) is 0 Å². The highest BCUT2D eigenvalue weighted by atomic mass is 16.6. The highest BCUT2D eigenvalue weighted by Crippen LogP contribution is 2.22. The molecule has 0 aliphatic heterocycles. The Morgan fingerprint density at radius 1 is 1.12 bits per heavy atom. The Balaban J connectivity index is 1.80. The van der Waals surface area contributed by atoms with Crippen LogP contribution in [0.5, 0.6) is 0 Å². The number of aryl methyl sites for hydroxylation is 1. The SMILES string of the molecule is CCn1cc([N+](=O)[O-])c(C(=O)Nc2ccc(-c3ccccc3)cc2)n1. The van der Waals surface area contributed by atoms with Crippen LogP contribution in [0.25, 0.3) is 11.1 Å². The zero-order chi connectivity index (χ0) is 17.8. The number of amides is 1. The van der Waals surface area contributed by atoms with Gasteiger partial charge in [0.1, 0.15) is 6.20 Å². The van der Waals surface area contributed by atoms with Crippen LogP contribution in [0.3, 0.4) is 0 Å². The van der Waals surface area contributed by atoms with Crippen LogP contribution in [0, 0.1) is 10.1 Å². The molecule has 126 valence electrons. The average Bonchev–Trinajstić information content (AvgIpc) is 3.08. The molecule has 1 aromatic heterocycles. The van der Waals surface area contributed by atoms with E-state index in [0.29, 0.717) is 12.2 Å². The summed E-state index contributed by atoms with van der Waals surface area (Å²) in [6.07, 6.45) is 1.26. The molecule has 1 amide bonds. The maximum Gasteiger partial charge on any atom is 0.320 e. The second-order valence-electron chi connectivity index (χ2n) is 5.37. The Labute approximate surface area is 144 Å². The Morgan fingerprint density at radius 3 is 2.36 bits per heavy atom. The van der Waals surface area contributed by atoms with E-state index in [-0.39, 0.29) is 11.4 Å². The minimum atomic E-state index is -0.605. The molecule has 0 bridgehead atoms. The molecule has 0 saturated heterocycles. The minimum Gasteiger partial charge on any atom is -0.320 e. The lowest BCUT2D eigenvalue weighted by atomic mass is 10.1. The Morgan fingerprint density at radius 2 is 1.76 bits per heavy atom. The molecule has 25 heavy (non-hydrogen) atoms. The van der Waals surface area contributed by atoms with Gasteiger partial charge in [-0.1, -0.05) is 42.5 Å². The van der Waals surface area contributed by atoms with Gasteiger partial charge in [0, 0.05) is 12.2 Å². The van der Waals surface area contributed by atoms with Crippen LogP contribution in [-0.2, 0) is 6.54 Å². The number of hydrogen-bond donors (Lipinski definition) is 1. The number of nitro groups is 1. The number of carbonyl (C=O) groups is 1. The van der Waals surface area contributed by atoms with E-state index in [4.69, 9.17) is 0 Å². The van der Waals surface area contributed by atoms with Crippen LogP contribution in [0.1, 0.15) is 17.4 Å². The summed E-state index contributed by atoms with van der Waals surface area (Å²) in [5.74, 6) is -0.605. The second-order valence-corrected chi connectivity index (χ2v) is 5.37. The average molecular weight is 336 g/mol. The second kappa shape index (κ2) is 6.96. The van der Waals surface area contributed by atoms with Gasteiger partial charge in [-0.3, -0.25) is 19.6 Å². The fraction of sp³-hybridized carbons (Fsp3) is 0.111. The van der Waals surface area contributed by atoms with Crippen molar-refractivity contribution in [2.75, 3.05) is 5.32 Å². The van der Waals surface area contributed by atoms with Crippen molar-refractivity contribution < 1.29 is 9.72 Å². The Hall–Kier alpha value is -3.48. The van der Waals surface area contributed by atoms with Crippen molar-refractivity contribution in [3.63, 3.8) is 0 Å². The topological polar surface area (TPSA) is 90.1 Å². The van der Waals surface area contributed by atoms with E-state index in [9.17, 15) is 14.9 Å². The first-order valence-electron chi connectivity index (χ1n) is 7.77. The smallest absolute Gasteiger partial charge is 0.320 e. The summed E-state index contributed by atoms with van der Waals surface area (Å²) in [7, 11) is 0. The third-order valence-corrected chi connectivity index (χ3v) is 3.73. The molecule has 0 radical (unpaired) electrons. The summed E-state index contributed by atoms with van der Waals surface area (Å²) < 4.78 is 1.37. The van der Waals surface area contributed by atoms with Gasteiger partial charge in [0.2, 0.25) is 5.69 Å². The van der Waals surface area contributed by atoms with Gasteiger partial charge in [-0.05, 0) is 30.2 Å². The van der Waals surface area contributed by atoms with Gasteiger partial charge in [-0.2, -0.15) is 5.10 Å². The monoisotopic (exact) mass is 336 g/mol. The largest absolute Gasteiger partial charge is 0.320 e. The number of carbonyl (C=O) groups excluding carboxylic acids is 1. The van der Waals surface area contributed by atoms with Gasteiger partial charge in [-0.25, -0.2) is 0 Å². The van der Waals surface area contributed by atoms with Crippen molar-refractivity contribution in [2.45, 2.75) is 13.5 Å². The van der Waals surface area contributed by atoms with E-state index in [0.717, 1.165) is 11.1 Å². The number of hydrogen-bond acceptors (Lipinski definition) is 4. The zero-order valence-electron chi connectivity index (χ0n) is 13.5. The molecule has 1 heterocycles. The highest BCUT2D eigenvalue weighted by molar-refractivity contribution is 6.05. The van der Waals surface area contributed by atoms with Gasteiger partial charge in [-0.15, -0.1) is 0 Å². The van der Waals surface area contributed by atoms with Crippen LogP contribution in [-0.4, -0.2) is 20.6 Å². The summed E-state index contributed by atoms with van der Waals surface area (Å²) in [6, 6.07) is 17.1. The highest BCUT2D eigenvalue weighted by Gasteiger charge is 2.25. The summed E-state index contributed by atoms with van der Waals surface area (Å²) in [5, 5.41) is 17.7. The van der Waals surface area contributed by atoms with E-state index in [1.807, 2.05) is 42.5 Å². The lowest BCUT2D eigenvalue weighted by Crippen LogP contribution is -2.14. The van der Waals surface area contributed by atoms with Crippen LogP contribution < -0.4 is 5.32 Å².